The van der Waals surface area contributed by atoms with Gasteiger partial charge in [-0.3, -0.25) is 4.79 Å². The summed E-state index contributed by atoms with van der Waals surface area (Å²) >= 11 is 0. The molecular formula is C6H5F3N2O3. The highest BCUT2D eigenvalue weighted by molar-refractivity contribution is 6.63. The molecule has 0 rings (SSSR count). The number of carbonyl (C=O) groups is 2. The van der Waals surface area contributed by atoms with Gasteiger partial charge in [0, 0.05) is 0 Å². The Kier molecular flexibility index (Phi) is 3.97. The number of halogens is 3. The average Bonchev–Trinajstić information content (AvgIpc) is 2.04. The molecule has 0 heterocycles. The van der Waals surface area contributed by atoms with E-state index in [-0.39, 0.29) is 6.61 Å². The lowest BCUT2D eigenvalue weighted by molar-refractivity contribution is -0.169. The molecule has 8 heteroatoms. The molecule has 0 fully saturated rings. The second kappa shape index (κ2) is 4.52. The number of nitrogens with zero attached hydrogens (tertiary/aromatic N) is 2. The van der Waals surface area contributed by atoms with Crippen molar-refractivity contribution in [2.45, 2.75) is 13.1 Å². The van der Waals surface area contributed by atoms with Crippen molar-refractivity contribution in [3.63, 3.8) is 0 Å². The van der Waals surface area contributed by atoms with Gasteiger partial charge in [-0.15, -0.1) is 0 Å². The van der Waals surface area contributed by atoms with Crippen molar-refractivity contribution in [1.82, 2.24) is 0 Å². The van der Waals surface area contributed by atoms with Gasteiger partial charge < -0.3 is 10.3 Å². The molecule has 78 valence electrons. The van der Waals surface area contributed by atoms with Crippen LogP contribution in [0.25, 0.3) is 5.53 Å². The number of carbonyl (C=O) groups excluding carboxylic acids is 2. The lowest BCUT2D eigenvalue weighted by atomic mass is 10.2. The fourth-order valence-corrected chi connectivity index (χ4v) is 0.513. The molecule has 0 bridgehead atoms. The van der Waals surface area contributed by atoms with Crippen molar-refractivity contribution in [1.29, 1.82) is 0 Å². The van der Waals surface area contributed by atoms with Gasteiger partial charge in [-0.1, -0.05) is 0 Å². The molecule has 0 saturated heterocycles. The van der Waals surface area contributed by atoms with Crippen molar-refractivity contribution in [2.24, 2.45) is 0 Å². The molecule has 0 N–H and O–H groups in total. The Hall–Kier alpha value is -1.69. The van der Waals surface area contributed by atoms with Crippen LogP contribution < -0.4 is 0 Å². The largest absolute Gasteiger partial charge is 0.462 e. The minimum absolute atomic E-state index is 0.233. The average molecular weight is 210 g/mol. The Morgan fingerprint density at radius 1 is 1.43 bits per heavy atom. The van der Waals surface area contributed by atoms with Crippen LogP contribution in [0.15, 0.2) is 0 Å². The molecule has 0 radical (unpaired) electrons. The first-order valence-corrected chi connectivity index (χ1v) is 3.35. The predicted octanol–water partition coefficient (Wildman–Crippen LogP) is 0.352. The van der Waals surface area contributed by atoms with E-state index in [1.807, 2.05) is 4.79 Å². The standard InChI is InChI=1S/C6H5F3N2O3/c1-2-14-5(13)3(11-10)4(12)6(7,8)9/h2H2,1H3. The summed E-state index contributed by atoms with van der Waals surface area (Å²) in [6, 6.07) is 0. The van der Waals surface area contributed by atoms with Gasteiger partial charge in [0.2, 0.25) is 0 Å². The fourth-order valence-electron chi connectivity index (χ4n) is 0.513. The van der Waals surface area contributed by atoms with Crippen molar-refractivity contribution >= 4 is 17.5 Å². The molecule has 0 atom stereocenters. The van der Waals surface area contributed by atoms with Gasteiger partial charge >= 0.3 is 23.6 Å². The number of ether oxygens (including phenoxy) is 1. The molecule has 0 spiro atoms. The van der Waals surface area contributed by atoms with Crippen molar-refractivity contribution < 1.29 is 32.3 Å². The van der Waals surface area contributed by atoms with Crippen molar-refractivity contribution in [2.75, 3.05) is 6.61 Å². The maximum absolute atomic E-state index is 11.7. The van der Waals surface area contributed by atoms with Gasteiger partial charge in [-0.2, -0.15) is 18.0 Å². The van der Waals surface area contributed by atoms with Crippen LogP contribution in [-0.2, 0) is 14.3 Å². The maximum Gasteiger partial charge on any atom is 0.462 e. The highest BCUT2D eigenvalue weighted by Gasteiger charge is 2.50. The van der Waals surface area contributed by atoms with E-state index in [4.69, 9.17) is 5.53 Å². The second-order valence-corrected chi connectivity index (χ2v) is 2.00. The molecule has 0 unspecified atom stereocenters. The number of Topliss-reactive ketones (excluding diaryl/α,β-unsaturated/α-hetero) is 1. The summed E-state index contributed by atoms with van der Waals surface area (Å²) in [6.45, 7) is 1.09. The molecule has 0 aliphatic rings. The van der Waals surface area contributed by atoms with E-state index < -0.39 is 23.6 Å². The molecule has 5 nitrogen and oxygen atoms in total. The summed E-state index contributed by atoms with van der Waals surface area (Å²) in [5.41, 5.74) is 6.34. The zero-order valence-electron chi connectivity index (χ0n) is 6.96. The van der Waals surface area contributed by atoms with Crippen LogP contribution in [0.4, 0.5) is 13.2 Å². The van der Waals surface area contributed by atoms with Gasteiger partial charge in [0.15, 0.2) is 0 Å². The van der Waals surface area contributed by atoms with E-state index in [0.29, 0.717) is 0 Å². The molecular weight excluding hydrogens is 205 g/mol. The summed E-state index contributed by atoms with van der Waals surface area (Å²) in [7, 11) is 0. The first-order valence-electron chi connectivity index (χ1n) is 3.35. The lowest BCUT2D eigenvalue weighted by Crippen LogP contribution is -2.37. The minimum atomic E-state index is -5.27. The molecule has 14 heavy (non-hydrogen) atoms. The van der Waals surface area contributed by atoms with Crippen LogP contribution in [0.2, 0.25) is 0 Å². The van der Waals surface area contributed by atoms with Crippen LogP contribution in [0.5, 0.6) is 0 Å². The Morgan fingerprint density at radius 3 is 2.21 bits per heavy atom. The van der Waals surface area contributed by atoms with Crippen LogP contribution in [0.1, 0.15) is 6.92 Å². The summed E-state index contributed by atoms with van der Waals surface area (Å²) < 4.78 is 39.3. The van der Waals surface area contributed by atoms with Gasteiger partial charge in [0.05, 0.1) is 6.61 Å². The quantitative estimate of drug-likeness (QED) is 0.221. The second-order valence-electron chi connectivity index (χ2n) is 2.00. The molecule has 0 aromatic carbocycles. The Labute approximate surface area is 76.1 Å². The highest BCUT2D eigenvalue weighted by Crippen LogP contribution is 2.16. The topological polar surface area (TPSA) is 79.8 Å². The van der Waals surface area contributed by atoms with Crippen LogP contribution in [0.3, 0.4) is 0 Å². The van der Waals surface area contributed by atoms with Crippen LogP contribution in [-0.4, -0.2) is 35.0 Å². The van der Waals surface area contributed by atoms with Gasteiger partial charge in [-0.25, -0.2) is 4.79 Å². The number of hydrogen-bond acceptors (Lipinski definition) is 3. The highest BCUT2D eigenvalue weighted by atomic mass is 19.4. The fraction of sp³-hybridized carbons (Fsp3) is 0.500. The smallest absolute Gasteiger partial charge is 0.457 e. The maximum atomic E-state index is 11.7. The number of esters is 1. The summed E-state index contributed by atoms with van der Waals surface area (Å²) in [5, 5.41) is 0. The van der Waals surface area contributed by atoms with E-state index >= 15 is 0 Å². The molecule has 0 aromatic heterocycles. The van der Waals surface area contributed by atoms with E-state index in [0.717, 1.165) is 0 Å². The third-order valence-corrected chi connectivity index (χ3v) is 1.04. The zero-order valence-corrected chi connectivity index (χ0v) is 6.96. The third kappa shape index (κ3) is 2.98. The SMILES string of the molecule is CCOC(=O)C(=[N+]=[N-])C(=O)C(F)(F)F. The normalized spacial score (nSPS) is 10.3. The number of alkyl halides is 3. The van der Waals surface area contributed by atoms with E-state index in [1.54, 1.807) is 0 Å². The Morgan fingerprint density at radius 2 is 1.93 bits per heavy atom. The van der Waals surface area contributed by atoms with Crippen LogP contribution >= 0.6 is 0 Å². The summed E-state index contributed by atoms with van der Waals surface area (Å²) in [4.78, 5) is 23.0. The third-order valence-electron chi connectivity index (χ3n) is 1.04. The molecule has 0 aliphatic carbocycles. The number of rotatable bonds is 3. The van der Waals surface area contributed by atoms with E-state index in [2.05, 4.69) is 4.74 Å². The Balaban J connectivity index is 4.87. The van der Waals surface area contributed by atoms with Gasteiger partial charge in [0.25, 0.3) is 0 Å². The molecule has 0 aliphatic heterocycles. The summed E-state index contributed by atoms with van der Waals surface area (Å²) in [6.07, 6.45) is -5.27. The van der Waals surface area contributed by atoms with Gasteiger partial charge in [0.1, 0.15) is 0 Å². The van der Waals surface area contributed by atoms with E-state index in [1.165, 1.54) is 6.92 Å². The Bertz CT molecular complexity index is 304. The number of ketones is 1. The first-order chi connectivity index (χ1) is 6.34. The van der Waals surface area contributed by atoms with Crippen molar-refractivity contribution in [3.8, 4) is 0 Å². The van der Waals surface area contributed by atoms with E-state index in [9.17, 15) is 22.8 Å². The molecule has 0 saturated carbocycles. The monoisotopic (exact) mass is 210 g/mol. The first kappa shape index (κ1) is 12.3. The zero-order chi connectivity index (χ0) is 11.4. The minimum Gasteiger partial charge on any atom is -0.457 e. The lowest BCUT2D eigenvalue weighted by Gasteiger charge is -2.00. The van der Waals surface area contributed by atoms with Gasteiger partial charge in [-0.05, 0) is 6.92 Å². The number of hydrogen-bond donors (Lipinski definition) is 0. The molecule has 0 amide bonds. The predicted molar refractivity (Wildman–Crippen MR) is 36.3 cm³/mol. The van der Waals surface area contributed by atoms with Crippen LogP contribution in [0, 0.1) is 0 Å². The summed E-state index contributed by atoms with van der Waals surface area (Å²) in [5.74, 6) is -4.16. The molecule has 0 aromatic rings. The van der Waals surface area contributed by atoms with Crippen molar-refractivity contribution in [3.05, 3.63) is 5.53 Å².